The highest BCUT2D eigenvalue weighted by molar-refractivity contribution is 7.20. The Kier molecular flexibility index (Phi) is 4.87. The quantitative estimate of drug-likeness (QED) is 0.790. The minimum absolute atomic E-state index is 0.0491. The monoisotopic (exact) mass is 301 g/mol. The van der Waals surface area contributed by atoms with Gasteiger partial charge in [0.2, 0.25) is 0 Å². The molecule has 2 heterocycles. The number of anilines is 1. The van der Waals surface area contributed by atoms with Gasteiger partial charge < -0.3 is 9.64 Å². The SMILES string of the molecule is CCN(c1sc(Cl)c(C(C)=O)c1C)C1CCOCC1. The van der Waals surface area contributed by atoms with Gasteiger partial charge in [0, 0.05) is 25.8 Å². The summed E-state index contributed by atoms with van der Waals surface area (Å²) in [4.78, 5) is 14.0. The summed E-state index contributed by atoms with van der Waals surface area (Å²) in [5, 5.41) is 1.14. The lowest BCUT2D eigenvalue weighted by molar-refractivity contribution is 0.0847. The predicted molar refractivity (Wildman–Crippen MR) is 80.9 cm³/mol. The highest BCUT2D eigenvalue weighted by Crippen LogP contribution is 2.40. The van der Waals surface area contributed by atoms with E-state index in [1.807, 2.05) is 6.92 Å². The zero-order chi connectivity index (χ0) is 14.0. The molecule has 0 aliphatic carbocycles. The first kappa shape index (κ1) is 14.8. The van der Waals surface area contributed by atoms with Gasteiger partial charge in [-0.1, -0.05) is 11.6 Å². The molecule has 2 rings (SSSR count). The molecule has 0 radical (unpaired) electrons. The third-order valence-electron chi connectivity index (χ3n) is 3.66. The highest BCUT2D eigenvalue weighted by Gasteiger charge is 2.26. The number of carbonyl (C=O) groups is 1. The molecular formula is C14H20ClNO2S. The summed E-state index contributed by atoms with van der Waals surface area (Å²) in [6, 6.07) is 0.493. The molecule has 1 aromatic rings. The van der Waals surface area contributed by atoms with Crippen LogP contribution in [0.15, 0.2) is 0 Å². The fourth-order valence-electron chi connectivity index (χ4n) is 2.71. The average Bonchev–Trinajstić information content (AvgIpc) is 2.67. The van der Waals surface area contributed by atoms with E-state index < -0.39 is 0 Å². The third-order valence-corrected chi connectivity index (χ3v) is 5.20. The van der Waals surface area contributed by atoms with E-state index in [1.165, 1.54) is 11.3 Å². The molecule has 0 saturated carbocycles. The van der Waals surface area contributed by atoms with Crippen LogP contribution in [0.3, 0.4) is 0 Å². The van der Waals surface area contributed by atoms with Crippen molar-refractivity contribution >= 4 is 33.7 Å². The van der Waals surface area contributed by atoms with Gasteiger partial charge in [-0.05, 0) is 39.2 Å². The average molecular weight is 302 g/mol. The van der Waals surface area contributed by atoms with Gasteiger partial charge >= 0.3 is 0 Å². The number of rotatable bonds is 4. The first-order valence-corrected chi connectivity index (χ1v) is 7.89. The van der Waals surface area contributed by atoms with Crippen LogP contribution < -0.4 is 4.90 Å². The van der Waals surface area contributed by atoms with E-state index in [2.05, 4.69) is 11.8 Å². The number of nitrogens with zero attached hydrogens (tertiary/aromatic N) is 1. The number of hydrogen-bond acceptors (Lipinski definition) is 4. The minimum Gasteiger partial charge on any atom is -0.381 e. The molecule has 0 amide bonds. The Balaban J connectivity index is 2.32. The molecule has 3 nitrogen and oxygen atoms in total. The highest BCUT2D eigenvalue weighted by atomic mass is 35.5. The summed E-state index contributed by atoms with van der Waals surface area (Å²) < 4.78 is 6.04. The van der Waals surface area contributed by atoms with Crippen molar-refractivity contribution in [2.45, 2.75) is 39.7 Å². The van der Waals surface area contributed by atoms with Gasteiger partial charge in [-0.25, -0.2) is 0 Å². The van der Waals surface area contributed by atoms with Crippen molar-refractivity contribution in [3.8, 4) is 0 Å². The Labute approximate surface area is 123 Å². The summed E-state index contributed by atoms with van der Waals surface area (Å²) >= 11 is 7.76. The van der Waals surface area contributed by atoms with Crippen molar-refractivity contribution in [3.63, 3.8) is 0 Å². The number of ketones is 1. The second kappa shape index (κ2) is 6.25. The first-order valence-electron chi connectivity index (χ1n) is 6.70. The summed E-state index contributed by atoms with van der Waals surface area (Å²) in [6.07, 6.45) is 2.08. The molecule has 1 aliphatic rings. The Morgan fingerprint density at radius 3 is 2.58 bits per heavy atom. The van der Waals surface area contributed by atoms with Gasteiger partial charge in [0.1, 0.15) is 4.34 Å². The van der Waals surface area contributed by atoms with E-state index in [0.29, 0.717) is 15.9 Å². The second-order valence-electron chi connectivity index (χ2n) is 4.87. The van der Waals surface area contributed by atoms with E-state index in [1.54, 1.807) is 6.92 Å². The fourth-order valence-corrected chi connectivity index (χ4v) is 4.42. The van der Waals surface area contributed by atoms with Gasteiger partial charge in [0.05, 0.1) is 10.6 Å². The normalized spacial score (nSPS) is 16.6. The van der Waals surface area contributed by atoms with Crippen LogP contribution in [0.4, 0.5) is 5.00 Å². The molecule has 0 spiro atoms. The summed E-state index contributed by atoms with van der Waals surface area (Å²) in [5.41, 5.74) is 1.71. The van der Waals surface area contributed by atoms with Crippen molar-refractivity contribution in [3.05, 3.63) is 15.5 Å². The van der Waals surface area contributed by atoms with Gasteiger partial charge in [-0.3, -0.25) is 4.79 Å². The standard InChI is InChI=1S/C14H20ClNO2S/c1-4-16(11-5-7-18-8-6-11)14-9(2)12(10(3)17)13(15)19-14/h11H,4-8H2,1-3H3. The Morgan fingerprint density at radius 2 is 2.11 bits per heavy atom. The van der Waals surface area contributed by atoms with Crippen LogP contribution in [0.25, 0.3) is 0 Å². The molecule has 0 unspecified atom stereocenters. The molecule has 1 fully saturated rings. The van der Waals surface area contributed by atoms with Crippen LogP contribution in [0.5, 0.6) is 0 Å². The predicted octanol–water partition coefficient (Wildman–Crippen LogP) is 3.92. The van der Waals surface area contributed by atoms with Crippen LogP contribution in [-0.4, -0.2) is 31.6 Å². The number of Topliss-reactive ketones (excluding diaryl/α,β-unsaturated/α-hetero) is 1. The lowest BCUT2D eigenvalue weighted by Gasteiger charge is -2.34. The molecule has 5 heteroatoms. The lowest BCUT2D eigenvalue weighted by atomic mass is 10.1. The summed E-state index contributed by atoms with van der Waals surface area (Å²) in [5.74, 6) is 0.0491. The molecule has 1 aliphatic heterocycles. The Bertz CT molecular complexity index is 466. The Hall–Kier alpha value is -0.580. The lowest BCUT2D eigenvalue weighted by Crippen LogP contribution is -2.39. The largest absolute Gasteiger partial charge is 0.381 e. The number of thiophene rings is 1. The second-order valence-corrected chi connectivity index (χ2v) is 6.47. The van der Waals surface area contributed by atoms with Crippen molar-refractivity contribution in [1.82, 2.24) is 0 Å². The van der Waals surface area contributed by atoms with Crippen LogP contribution in [0.1, 0.15) is 42.6 Å². The van der Waals surface area contributed by atoms with Crippen LogP contribution >= 0.6 is 22.9 Å². The fraction of sp³-hybridized carbons (Fsp3) is 0.643. The van der Waals surface area contributed by atoms with E-state index in [-0.39, 0.29) is 5.78 Å². The zero-order valence-corrected chi connectivity index (χ0v) is 13.2. The van der Waals surface area contributed by atoms with Crippen LogP contribution in [0, 0.1) is 6.92 Å². The maximum absolute atomic E-state index is 11.7. The van der Waals surface area contributed by atoms with Gasteiger partial charge in [0.25, 0.3) is 0 Å². The maximum atomic E-state index is 11.7. The number of carbonyl (C=O) groups excluding carboxylic acids is 1. The Morgan fingerprint density at radius 1 is 1.47 bits per heavy atom. The van der Waals surface area contributed by atoms with Crippen LogP contribution in [0.2, 0.25) is 4.34 Å². The van der Waals surface area contributed by atoms with E-state index in [0.717, 1.165) is 43.2 Å². The van der Waals surface area contributed by atoms with Gasteiger partial charge in [-0.2, -0.15) is 0 Å². The number of ether oxygens (including phenoxy) is 1. The van der Waals surface area contributed by atoms with E-state index >= 15 is 0 Å². The van der Waals surface area contributed by atoms with Crippen molar-refractivity contribution < 1.29 is 9.53 Å². The first-order chi connectivity index (χ1) is 9.06. The molecule has 1 saturated heterocycles. The van der Waals surface area contributed by atoms with E-state index in [9.17, 15) is 4.79 Å². The molecule has 0 atom stereocenters. The minimum atomic E-state index is 0.0491. The van der Waals surface area contributed by atoms with Gasteiger partial charge in [-0.15, -0.1) is 11.3 Å². The number of hydrogen-bond donors (Lipinski definition) is 0. The van der Waals surface area contributed by atoms with Crippen LogP contribution in [-0.2, 0) is 4.74 Å². The van der Waals surface area contributed by atoms with Crippen molar-refractivity contribution in [1.29, 1.82) is 0 Å². The summed E-state index contributed by atoms with van der Waals surface area (Å²) in [7, 11) is 0. The summed E-state index contributed by atoms with van der Waals surface area (Å²) in [6.45, 7) is 8.29. The molecule has 0 N–H and O–H groups in total. The van der Waals surface area contributed by atoms with E-state index in [4.69, 9.17) is 16.3 Å². The van der Waals surface area contributed by atoms with Gasteiger partial charge in [0.15, 0.2) is 5.78 Å². The molecule has 0 aromatic carbocycles. The number of halogens is 1. The molecule has 106 valence electrons. The topological polar surface area (TPSA) is 29.5 Å². The molecular weight excluding hydrogens is 282 g/mol. The maximum Gasteiger partial charge on any atom is 0.162 e. The molecule has 0 bridgehead atoms. The smallest absolute Gasteiger partial charge is 0.162 e. The van der Waals surface area contributed by atoms with Crippen molar-refractivity contribution in [2.24, 2.45) is 0 Å². The molecule has 1 aromatic heterocycles. The zero-order valence-electron chi connectivity index (χ0n) is 11.7. The molecule has 19 heavy (non-hydrogen) atoms. The third kappa shape index (κ3) is 2.96. The van der Waals surface area contributed by atoms with Crippen molar-refractivity contribution in [2.75, 3.05) is 24.7 Å².